The van der Waals surface area contributed by atoms with Crippen molar-refractivity contribution in [2.75, 3.05) is 6.54 Å². The van der Waals surface area contributed by atoms with Gasteiger partial charge in [0, 0.05) is 11.1 Å². The van der Waals surface area contributed by atoms with E-state index in [0.717, 1.165) is 6.54 Å². The van der Waals surface area contributed by atoms with Gasteiger partial charge in [-0.3, -0.25) is 4.99 Å². The van der Waals surface area contributed by atoms with Gasteiger partial charge in [0.2, 0.25) is 0 Å². The SMILES string of the molecule is CCCC1=CN2CC(c3ccccc3)N=C2S1. The summed E-state index contributed by atoms with van der Waals surface area (Å²) >= 11 is 1.84. The number of rotatable bonds is 3. The van der Waals surface area contributed by atoms with Crippen molar-refractivity contribution < 1.29 is 0 Å². The van der Waals surface area contributed by atoms with E-state index in [1.807, 2.05) is 11.8 Å². The highest BCUT2D eigenvalue weighted by atomic mass is 32.2. The molecule has 2 aliphatic rings. The molecule has 0 aromatic heterocycles. The van der Waals surface area contributed by atoms with Gasteiger partial charge in [0.05, 0.1) is 12.6 Å². The predicted molar refractivity (Wildman–Crippen MR) is 73.9 cm³/mol. The third-order valence-corrected chi connectivity index (χ3v) is 4.18. The second kappa shape index (κ2) is 4.57. The fourth-order valence-electron chi connectivity index (χ4n) is 2.24. The molecule has 2 nitrogen and oxygen atoms in total. The summed E-state index contributed by atoms with van der Waals surface area (Å²) in [6.07, 6.45) is 4.66. The second-order valence-electron chi connectivity index (χ2n) is 4.44. The maximum absolute atomic E-state index is 4.81. The summed E-state index contributed by atoms with van der Waals surface area (Å²) in [7, 11) is 0. The van der Waals surface area contributed by atoms with Crippen LogP contribution in [0.15, 0.2) is 46.4 Å². The van der Waals surface area contributed by atoms with Crippen molar-refractivity contribution >= 4 is 16.9 Å². The van der Waals surface area contributed by atoms with Gasteiger partial charge >= 0.3 is 0 Å². The summed E-state index contributed by atoms with van der Waals surface area (Å²) in [5, 5.41) is 1.18. The second-order valence-corrected chi connectivity index (χ2v) is 5.53. The van der Waals surface area contributed by atoms with Crippen molar-refractivity contribution in [3.63, 3.8) is 0 Å². The third-order valence-electron chi connectivity index (χ3n) is 3.08. The fraction of sp³-hybridized carbons (Fsp3) is 0.357. The summed E-state index contributed by atoms with van der Waals surface area (Å²) < 4.78 is 0. The summed E-state index contributed by atoms with van der Waals surface area (Å²) in [5.41, 5.74) is 1.32. The van der Waals surface area contributed by atoms with Gasteiger partial charge in [-0.05, 0) is 12.0 Å². The Balaban J connectivity index is 1.74. The average molecular weight is 244 g/mol. The summed E-state index contributed by atoms with van der Waals surface area (Å²) in [6.45, 7) is 3.22. The molecule has 0 bridgehead atoms. The van der Waals surface area contributed by atoms with E-state index in [1.54, 1.807) is 0 Å². The fourth-order valence-corrected chi connectivity index (χ4v) is 3.39. The molecule has 2 heterocycles. The number of amidine groups is 1. The number of fused-ring (bicyclic) bond motifs is 1. The number of benzene rings is 1. The zero-order chi connectivity index (χ0) is 11.7. The van der Waals surface area contributed by atoms with Crippen molar-refractivity contribution in [2.24, 2.45) is 4.99 Å². The first-order valence-corrected chi connectivity index (χ1v) is 6.96. The molecule has 1 atom stereocenters. The topological polar surface area (TPSA) is 15.6 Å². The minimum atomic E-state index is 0.318. The van der Waals surface area contributed by atoms with Gasteiger partial charge < -0.3 is 4.90 Å². The highest BCUT2D eigenvalue weighted by molar-refractivity contribution is 8.17. The highest BCUT2D eigenvalue weighted by Gasteiger charge is 2.30. The monoisotopic (exact) mass is 244 g/mol. The molecule has 0 radical (unpaired) electrons. The molecular formula is C14H16N2S. The molecular weight excluding hydrogens is 228 g/mol. The van der Waals surface area contributed by atoms with E-state index in [1.165, 1.54) is 28.5 Å². The number of aliphatic imine (C=N–C) groups is 1. The van der Waals surface area contributed by atoms with Crippen LogP contribution in [0.4, 0.5) is 0 Å². The minimum Gasteiger partial charge on any atom is -0.324 e. The van der Waals surface area contributed by atoms with Crippen LogP contribution in [0, 0.1) is 0 Å². The van der Waals surface area contributed by atoms with Crippen LogP contribution < -0.4 is 0 Å². The van der Waals surface area contributed by atoms with E-state index in [0.29, 0.717) is 6.04 Å². The van der Waals surface area contributed by atoms with E-state index >= 15 is 0 Å². The first-order valence-electron chi connectivity index (χ1n) is 6.15. The molecule has 0 N–H and O–H groups in total. The lowest BCUT2D eigenvalue weighted by Crippen LogP contribution is -2.16. The summed E-state index contributed by atoms with van der Waals surface area (Å²) in [6, 6.07) is 10.9. The van der Waals surface area contributed by atoms with Crippen LogP contribution in [0.25, 0.3) is 0 Å². The zero-order valence-electron chi connectivity index (χ0n) is 9.97. The van der Waals surface area contributed by atoms with Gasteiger partial charge in [-0.2, -0.15) is 0 Å². The number of allylic oxidation sites excluding steroid dienone is 1. The Morgan fingerprint density at radius 3 is 2.88 bits per heavy atom. The van der Waals surface area contributed by atoms with Crippen LogP contribution >= 0.6 is 11.8 Å². The Labute approximate surface area is 106 Å². The molecule has 3 rings (SSSR count). The number of thioether (sulfide) groups is 1. The van der Waals surface area contributed by atoms with Gasteiger partial charge in [0.1, 0.15) is 0 Å². The van der Waals surface area contributed by atoms with Gasteiger partial charge in [-0.25, -0.2) is 0 Å². The highest BCUT2D eigenvalue weighted by Crippen LogP contribution is 2.38. The van der Waals surface area contributed by atoms with Crippen molar-refractivity contribution in [3.8, 4) is 0 Å². The molecule has 0 amide bonds. The minimum absolute atomic E-state index is 0.318. The molecule has 1 aromatic carbocycles. The molecule has 3 heteroatoms. The van der Waals surface area contributed by atoms with Gasteiger partial charge in [-0.1, -0.05) is 55.4 Å². The normalized spacial score (nSPS) is 22.4. The molecule has 0 aliphatic carbocycles. The lowest BCUT2D eigenvalue weighted by atomic mass is 10.1. The summed E-state index contributed by atoms with van der Waals surface area (Å²) in [4.78, 5) is 8.56. The largest absolute Gasteiger partial charge is 0.324 e. The van der Waals surface area contributed by atoms with Crippen LogP contribution in [0.5, 0.6) is 0 Å². The van der Waals surface area contributed by atoms with Crippen molar-refractivity contribution in [2.45, 2.75) is 25.8 Å². The molecule has 1 aromatic rings. The van der Waals surface area contributed by atoms with E-state index in [9.17, 15) is 0 Å². The van der Waals surface area contributed by atoms with Gasteiger partial charge in [0.15, 0.2) is 5.17 Å². The maximum Gasteiger partial charge on any atom is 0.168 e. The maximum atomic E-state index is 4.81. The lowest BCUT2D eigenvalue weighted by molar-refractivity contribution is 0.555. The smallest absolute Gasteiger partial charge is 0.168 e. The van der Waals surface area contributed by atoms with Crippen LogP contribution in [0.1, 0.15) is 31.4 Å². The van der Waals surface area contributed by atoms with Crippen LogP contribution in [0.3, 0.4) is 0 Å². The number of nitrogens with zero attached hydrogens (tertiary/aromatic N) is 2. The molecule has 17 heavy (non-hydrogen) atoms. The zero-order valence-corrected chi connectivity index (χ0v) is 10.8. The lowest BCUT2D eigenvalue weighted by Gasteiger charge is -2.10. The third kappa shape index (κ3) is 2.12. The van der Waals surface area contributed by atoms with Crippen molar-refractivity contribution in [3.05, 3.63) is 47.0 Å². The molecule has 2 aliphatic heterocycles. The molecule has 0 spiro atoms. The summed E-state index contributed by atoms with van der Waals surface area (Å²) in [5.74, 6) is 0. The van der Waals surface area contributed by atoms with E-state index in [2.05, 4.69) is 48.4 Å². The molecule has 88 valence electrons. The number of hydrogen-bond acceptors (Lipinski definition) is 3. The Morgan fingerprint density at radius 1 is 1.35 bits per heavy atom. The van der Waals surface area contributed by atoms with E-state index in [-0.39, 0.29) is 0 Å². The van der Waals surface area contributed by atoms with Crippen LogP contribution in [-0.4, -0.2) is 16.6 Å². The van der Waals surface area contributed by atoms with E-state index in [4.69, 9.17) is 4.99 Å². The van der Waals surface area contributed by atoms with Crippen LogP contribution in [-0.2, 0) is 0 Å². The molecule has 0 saturated carbocycles. The van der Waals surface area contributed by atoms with E-state index < -0.39 is 0 Å². The Morgan fingerprint density at radius 2 is 2.18 bits per heavy atom. The first-order chi connectivity index (χ1) is 8.36. The van der Waals surface area contributed by atoms with Gasteiger partial charge in [0.25, 0.3) is 0 Å². The van der Waals surface area contributed by atoms with Crippen LogP contribution in [0.2, 0.25) is 0 Å². The molecule has 0 fully saturated rings. The predicted octanol–water partition coefficient (Wildman–Crippen LogP) is 3.79. The Hall–Kier alpha value is -1.22. The van der Waals surface area contributed by atoms with Crippen molar-refractivity contribution in [1.82, 2.24) is 4.90 Å². The standard InChI is InChI=1S/C14H16N2S/c1-2-6-12-9-16-10-13(15-14(16)17-12)11-7-4-3-5-8-11/h3-5,7-9,13H,2,6,10H2,1H3. The average Bonchev–Trinajstić information content (AvgIpc) is 2.88. The quantitative estimate of drug-likeness (QED) is 0.804. The molecule has 1 unspecified atom stereocenters. The van der Waals surface area contributed by atoms with Crippen molar-refractivity contribution in [1.29, 1.82) is 0 Å². The number of hydrogen-bond donors (Lipinski definition) is 0. The first kappa shape index (κ1) is 10.9. The Bertz CT molecular complexity index is 464. The Kier molecular flexibility index (Phi) is 2.93. The molecule has 0 saturated heterocycles. The van der Waals surface area contributed by atoms with Gasteiger partial charge in [-0.15, -0.1) is 0 Å².